The van der Waals surface area contributed by atoms with Crippen LogP contribution in [0.4, 0.5) is 0 Å². The normalized spacial score (nSPS) is 15.3. The van der Waals surface area contributed by atoms with E-state index in [1.165, 1.54) is 22.6 Å². The van der Waals surface area contributed by atoms with Gasteiger partial charge in [-0.15, -0.1) is 11.3 Å². The summed E-state index contributed by atoms with van der Waals surface area (Å²) in [5.74, 6) is 0.872. The van der Waals surface area contributed by atoms with Gasteiger partial charge in [-0.3, -0.25) is 4.90 Å². The average Bonchev–Trinajstić information content (AvgIpc) is 3.12. The number of thiophene rings is 1. The van der Waals surface area contributed by atoms with Crippen LogP contribution in [0.2, 0.25) is 0 Å². The molecule has 0 radical (unpaired) electrons. The molecule has 0 atom stereocenters. The highest BCUT2D eigenvalue weighted by Gasteiger charge is 2.20. The number of hydrogen-bond donors (Lipinski definition) is 1. The molecule has 0 spiro atoms. The van der Waals surface area contributed by atoms with Gasteiger partial charge in [-0.05, 0) is 44.5 Å². The van der Waals surface area contributed by atoms with E-state index in [1.807, 2.05) is 11.3 Å². The van der Waals surface area contributed by atoms with E-state index in [4.69, 9.17) is 4.74 Å². The molecule has 1 fully saturated rings. The van der Waals surface area contributed by atoms with Gasteiger partial charge in [0.15, 0.2) is 0 Å². The van der Waals surface area contributed by atoms with E-state index in [0.29, 0.717) is 0 Å². The van der Waals surface area contributed by atoms with E-state index < -0.39 is 0 Å². The number of nitrogens with zero attached hydrogens (tertiary/aromatic N) is 1. The Balaban J connectivity index is 1.60. The van der Waals surface area contributed by atoms with Crippen LogP contribution in [-0.4, -0.2) is 38.3 Å². The monoisotopic (exact) mass is 282 g/mol. The van der Waals surface area contributed by atoms with Gasteiger partial charge in [0.1, 0.15) is 0 Å². The van der Waals surface area contributed by atoms with Gasteiger partial charge in [0.2, 0.25) is 0 Å². The van der Waals surface area contributed by atoms with Crippen LogP contribution in [0.3, 0.4) is 0 Å². The molecule has 19 heavy (non-hydrogen) atoms. The number of nitrogens with one attached hydrogen (secondary N) is 1. The highest BCUT2D eigenvalue weighted by molar-refractivity contribution is 7.11. The molecule has 0 bridgehead atoms. The van der Waals surface area contributed by atoms with Crippen LogP contribution < -0.4 is 5.32 Å². The number of likely N-dealkylation sites (N-methyl/N-ethyl adjacent to an activating group) is 1. The van der Waals surface area contributed by atoms with Crippen LogP contribution in [0, 0.1) is 5.92 Å². The van der Waals surface area contributed by atoms with E-state index in [0.717, 1.165) is 45.3 Å². The maximum absolute atomic E-state index is 5.68. The minimum Gasteiger partial charge on any atom is -0.380 e. The second-order valence-corrected chi connectivity index (χ2v) is 6.66. The second kappa shape index (κ2) is 8.00. The predicted octanol–water partition coefficient (Wildman–Crippen LogP) is 2.72. The van der Waals surface area contributed by atoms with Crippen molar-refractivity contribution in [2.45, 2.75) is 32.9 Å². The molecular formula is C15H26N2OS. The van der Waals surface area contributed by atoms with Gasteiger partial charge in [-0.25, -0.2) is 0 Å². The van der Waals surface area contributed by atoms with E-state index in [2.05, 4.69) is 36.3 Å². The Morgan fingerprint density at radius 3 is 2.89 bits per heavy atom. The third-order valence-corrected chi connectivity index (χ3v) is 4.43. The number of rotatable bonds is 10. The highest BCUT2D eigenvalue weighted by Crippen LogP contribution is 2.28. The lowest BCUT2D eigenvalue weighted by Crippen LogP contribution is -2.22. The first-order chi connectivity index (χ1) is 9.28. The fourth-order valence-electron chi connectivity index (χ4n) is 1.95. The zero-order valence-corrected chi connectivity index (χ0v) is 13.0. The Morgan fingerprint density at radius 2 is 2.16 bits per heavy atom. The molecule has 1 N–H and O–H groups in total. The Bertz CT molecular complexity index is 363. The summed E-state index contributed by atoms with van der Waals surface area (Å²) in [6.07, 6.45) is 2.75. The van der Waals surface area contributed by atoms with Gasteiger partial charge < -0.3 is 10.1 Å². The predicted molar refractivity (Wildman–Crippen MR) is 81.6 cm³/mol. The second-order valence-electron chi connectivity index (χ2n) is 5.40. The van der Waals surface area contributed by atoms with Gasteiger partial charge >= 0.3 is 0 Å². The highest BCUT2D eigenvalue weighted by atomic mass is 32.1. The molecule has 0 unspecified atom stereocenters. The van der Waals surface area contributed by atoms with Crippen molar-refractivity contribution in [3.05, 3.63) is 21.9 Å². The summed E-state index contributed by atoms with van der Waals surface area (Å²) < 4.78 is 5.68. The minimum absolute atomic E-state index is 0.864. The molecule has 1 aromatic heterocycles. The first kappa shape index (κ1) is 15.0. The largest absolute Gasteiger partial charge is 0.380 e. The fraction of sp³-hybridized carbons (Fsp3) is 0.733. The van der Waals surface area contributed by atoms with Crippen molar-refractivity contribution >= 4 is 11.3 Å². The summed E-state index contributed by atoms with van der Waals surface area (Å²) in [4.78, 5) is 5.21. The maximum Gasteiger partial charge on any atom is 0.0593 e. The SMILES string of the molecule is CCNCc1ccc(CN(C)CCOCC2CC2)s1. The van der Waals surface area contributed by atoms with Crippen molar-refractivity contribution in [1.29, 1.82) is 0 Å². The standard InChI is InChI=1S/C15H26N2OS/c1-3-16-10-14-6-7-15(19-14)11-17(2)8-9-18-12-13-4-5-13/h6-7,13,16H,3-5,8-12H2,1-2H3. The molecule has 1 saturated carbocycles. The van der Waals surface area contributed by atoms with Crippen LogP contribution in [0.15, 0.2) is 12.1 Å². The van der Waals surface area contributed by atoms with Gasteiger partial charge in [0.25, 0.3) is 0 Å². The summed E-state index contributed by atoms with van der Waals surface area (Å²) in [6.45, 7) is 8.06. The first-order valence-corrected chi connectivity index (χ1v) is 8.14. The van der Waals surface area contributed by atoms with Crippen LogP contribution >= 0.6 is 11.3 Å². The van der Waals surface area contributed by atoms with Crippen molar-refractivity contribution < 1.29 is 4.74 Å². The molecule has 0 amide bonds. The molecule has 1 heterocycles. The molecule has 0 saturated heterocycles. The van der Waals surface area contributed by atoms with Gasteiger partial charge in [0, 0.05) is 36.0 Å². The smallest absolute Gasteiger partial charge is 0.0593 e. The Kier molecular flexibility index (Phi) is 6.31. The van der Waals surface area contributed by atoms with Crippen molar-refractivity contribution in [1.82, 2.24) is 10.2 Å². The zero-order chi connectivity index (χ0) is 13.5. The molecule has 1 aromatic rings. The fourth-order valence-corrected chi connectivity index (χ4v) is 3.02. The van der Waals surface area contributed by atoms with Crippen molar-refractivity contribution in [2.24, 2.45) is 5.92 Å². The van der Waals surface area contributed by atoms with E-state index in [-0.39, 0.29) is 0 Å². The molecule has 2 rings (SSSR count). The third-order valence-electron chi connectivity index (χ3n) is 3.36. The van der Waals surface area contributed by atoms with Gasteiger partial charge in [-0.2, -0.15) is 0 Å². The molecular weight excluding hydrogens is 256 g/mol. The summed E-state index contributed by atoms with van der Waals surface area (Å²) >= 11 is 1.91. The molecule has 1 aliphatic carbocycles. The van der Waals surface area contributed by atoms with E-state index in [1.54, 1.807) is 0 Å². The number of ether oxygens (including phenoxy) is 1. The molecule has 108 valence electrons. The van der Waals surface area contributed by atoms with Crippen LogP contribution in [-0.2, 0) is 17.8 Å². The molecule has 3 nitrogen and oxygen atoms in total. The Labute approximate surface area is 121 Å². The quantitative estimate of drug-likeness (QED) is 0.668. The zero-order valence-electron chi connectivity index (χ0n) is 12.2. The maximum atomic E-state index is 5.68. The minimum atomic E-state index is 0.864. The van der Waals surface area contributed by atoms with Crippen LogP contribution in [0.25, 0.3) is 0 Å². The van der Waals surface area contributed by atoms with Gasteiger partial charge in [-0.1, -0.05) is 6.92 Å². The lowest BCUT2D eigenvalue weighted by Gasteiger charge is -2.15. The number of hydrogen-bond acceptors (Lipinski definition) is 4. The topological polar surface area (TPSA) is 24.5 Å². The molecule has 0 aliphatic heterocycles. The Hall–Kier alpha value is -0.420. The first-order valence-electron chi connectivity index (χ1n) is 7.32. The van der Waals surface area contributed by atoms with Crippen molar-refractivity contribution in [2.75, 3.05) is 33.4 Å². The van der Waals surface area contributed by atoms with E-state index in [9.17, 15) is 0 Å². The summed E-state index contributed by atoms with van der Waals surface area (Å²) in [6, 6.07) is 4.49. The summed E-state index contributed by atoms with van der Waals surface area (Å²) in [5, 5.41) is 3.37. The summed E-state index contributed by atoms with van der Waals surface area (Å²) in [7, 11) is 2.17. The molecule has 4 heteroatoms. The van der Waals surface area contributed by atoms with Crippen molar-refractivity contribution in [3.63, 3.8) is 0 Å². The van der Waals surface area contributed by atoms with Crippen LogP contribution in [0.5, 0.6) is 0 Å². The molecule has 0 aromatic carbocycles. The lowest BCUT2D eigenvalue weighted by molar-refractivity contribution is 0.102. The van der Waals surface area contributed by atoms with E-state index >= 15 is 0 Å². The van der Waals surface area contributed by atoms with Crippen LogP contribution in [0.1, 0.15) is 29.5 Å². The lowest BCUT2D eigenvalue weighted by atomic mass is 10.4. The van der Waals surface area contributed by atoms with Gasteiger partial charge in [0.05, 0.1) is 6.61 Å². The molecule has 1 aliphatic rings. The Morgan fingerprint density at radius 1 is 1.37 bits per heavy atom. The van der Waals surface area contributed by atoms with Crippen molar-refractivity contribution in [3.8, 4) is 0 Å². The average molecular weight is 282 g/mol. The third kappa shape index (κ3) is 6.04. The summed E-state index contributed by atoms with van der Waals surface area (Å²) in [5.41, 5.74) is 0.